The molecule has 3 rings (SSSR count). The average molecular weight is 426 g/mol. The van der Waals surface area contributed by atoms with Gasteiger partial charge in [0.05, 0.1) is 15.6 Å². The second kappa shape index (κ2) is 7.30. The largest absolute Gasteiger partial charge is 0.477 e. The van der Waals surface area contributed by atoms with Crippen LogP contribution >= 0.6 is 22.9 Å². The highest BCUT2D eigenvalue weighted by atomic mass is 35.5. The number of carboxylic acid groups (broad SMARTS) is 1. The molecule has 1 aromatic heterocycles. The third-order valence-electron chi connectivity index (χ3n) is 3.76. The predicted molar refractivity (Wildman–Crippen MR) is 104 cm³/mol. The Balaban J connectivity index is 2.05. The van der Waals surface area contributed by atoms with Crippen molar-refractivity contribution in [3.05, 3.63) is 69.8 Å². The number of carboxylic acids is 1. The third kappa shape index (κ3) is 3.97. The molecule has 3 aromatic rings. The van der Waals surface area contributed by atoms with E-state index >= 15 is 0 Å². The van der Waals surface area contributed by atoms with E-state index in [0.717, 1.165) is 17.4 Å². The SMILES string of the molecule is Cc1ccccc1S(=O)(=O)Nc1cc(-c2ccc(F)c(Cl)c2)sc1C(=O)O. The van der Waals surface area contributed by atoms with Crippen LogP contribution in [-0.2, 0) is 10.0 Å². The molecule has 0 aliphatic rings. The molecule has 0 atom stereocenters. The van der Waals surface area contributed by atoms with Gasteiger partial charge in [0.15, 0.2) is 0 Å². The lowest BCUT2D eigenvalue weighted by molar-refractivity contribution is 0.0703. The van der Waals surface area contributed by atoms with Crippen molar-refractivity contribution in [1.82, 2.24) is 0 Å². The lowest BCUT2D eigenvalue weighted by atomic mass is 10.2. The fraction of sp³-hybridized carbons (Fsp3) is 0.0556. The Hall–Kier alpha value is -2.42. The first-order valence-corrected chi connectivity index (χ1v) is 10.3. The zero-order valence-electron chi connectivity index (χ0n) is 13.9. The van der Waals surface area contributed by atoms with Gasteiger partial charge in [0.1, 0.15) is 10.7 Å². The number of hydrogen-bond acceptors (Lipinski definition) is 4. The molecule has 140 valence electrons. The molecule has 2 N–H and O–H groups in total. The number of thiophene rings is 1. The molecule has 2 aromatic carbocycles. The highest BCUT2D eigenvalue weighted by Gasteiger charge is 2.23. The minimum Gasteiger partial charge on any atom is -0.477 e. The molecule has 27 heavy (non-hydrogen) atoms. The smallest absolute Gasteiger partial charge is 0.348 e. The van der Waals surface area contributed by atoms with Gasteiger partial charge in [0, 0.05) is 4.88 Å². The topological polar surface area (TPSA) is 83.5 Å². The fourth-order valence-corrected chi connectivity index (χ4v) is 4.98. The Labute approximate surface area is 164 Å². The molecule has 0 spiro atoms. The van der Waals surface area contributed by atoms with Crippen LogP contribution < -0.4 is 4.72 Å². The summed E-state index contributed by atoms with van der Waals surface area (Å²) in [7, 11) is -3.98. The van der Waals surface area contributed by atoms with Crippen molar-refractivity contribution in [3.63, 3.8) is 0 Å². The average Bonchev–Trinajstić information content (AvgIpc) is 3.01. The first-order chi connectivity index (χ1) is 12.7. The number of aryl methyl sites for hydroxylation is 1. The predicted octanol–water partition coefficient (Wildman–Crippen LogP) is 5.02. The van der Waals surface area contributed by atoms with Crippen molar-refractivity contribution in [1.29, 1.82) is 0 Å². The quantitative estimate of drug-likeness (QED) is 0.601. The van der Waals surface area contributed by atoms with E-state index in [-0.39, 0.29) is 20.5 Å². The zero-order chi connectivity index (χ0) is 19.8. The Morgan fingerprint density at radius 1 is 1.19 bits per heavy atom. The van der Waals surface area contributed by atoms with Gasteiger partial charge in [0.2, 0.25) is 0 Å². The van der Waals surface area contributed by atoms with Crippen LogP contribution in [0.5, 0.6) is 0 Å². The summed E-state index contributed by atoms with van der Waals surface area (Å²) in [6.07, 6.45) is 0. The van der Waals surface area contributed by atoms with Gasteiger partial charge in [-0.1, -0.05) is 35.9 Å². The van der Waals surface area contributed by atoms with Crippen LogP contribution in [0.4, 0.5) is 10.1 Å². The lowest BCUT2D eigenvalue weighted by Crippen LogP contribution is -2.15. The van der Waals surface area contributed by atoms with E-state index in [2.05, 4.69) is 4.72 Å². The number of sulfonamides is 1. The molecular weight excluding hydrogens is 413 g/mol. The summed E-state index contributed by atoms with van der Waals surface area (Å²) in [5.74, 6) is -1.88. The molecular formula is C18H13ClFNO4S2. The van der Waals surface area contributed by atoms with Crippen molar-refractivity contribution < 1.29 is 22.7 Å². The van der Waals surface area contributed by atoms with Crippen LogP contribution in [-0.4, -0.2) is 19.5 Å². The van der Waals surface area contributed by atoms with E-state index in [1.807, 2.05) is 0 Å². The molecule has 0 unspecified atom stereocenters. The Kier molecular flexibility index (Phi) is 5.23. The van der Waals surface area contributed by atoms with Crippen LogP contribution in [0.25, 0.3) is 10.4 Å². The maximum Gasteiger partial charge on any atom is 0.348 e. The number of nitrogens with one attached hydrogen (secondary N) is 1. The summed E-state index contributed by atoms with van der Waals surface area (Å²) < 4.78 is 41.0. The van der Waals surface area contributed by atoms with E-state index in [4.69, 9.17) is 11.6 Å². The molecule has 0 fully saturated rings. The van der Waals surface area contributed by atoms with Gasteiger partial charge < -0.3 is 5.11 Å². The number of carbonyl (C=O) groups is 1. The standard InChI is InChI=1S/C18H13ClFNO4S2/c1-10-4-2-3-5-16(10)27(24,25)21-14-9-15(26-17(14)18(22)23)11-6-7-13(20)12(19)8-11/h2-9,21H,1H3,(H,22,23). The van der Waals surface area contributed by atoms with Crippen molar-refractivity contribution in [3.8, 4) is 10.4 Å². The second-order valence-electron chi connectivity index (χ2n) is 5.66. The van der Waals surface area contributed by atoms with Crippen molar-refractivity contribution in [2.24, 2.45) is 0 Å². The first kappa shape index (κ1) is 19.3. The van der Waals surface area contributed by atoms with Gasteiger partial charge >= 0.3 is 5.97 Å². The lowest BCUT2D eigenvalue weighted by Gasteiger charge is -2.09. The van der Waals surface area contributed by atoms with Gasteiger partial charge in [-0.25, -0.2) is 17.6 Å². The fourth-order valence-electron chi connectivity index (χ4n) is 2.48. The molecule has 0 saturated carbocycles. The molecule has 0 radical (unpaired) electrons. The molecule has 1 heterocycles. The molecule has 0 bridgehead atoms. The molecule has 0 aliphatic carbocycles. The van der Waals surface area contributed by atoms with E-state index in [1.165, 1.54) is 24.3 Å². The van der Waals surface area contributed by atoms with Crippen molar-refractivity contribution in [2.75, 3.05) is 4.72 Å². The van der Waals surface area contributed by atoms with E-state index in [0.29, 0.717) is 16.0 Å². The number of halogens is 2. The van der Waals surface area contributed by atoms with Gasteiger partial charge in [-0.15, -0.1) is 11.3 Å². The van der Waals surface area contributed by atoms with Gasteiger partial charge in [0.25, 0.3) is 10.0 Å². The van der Waals surface area contributed by atoms with Crippen LogP contribution in [0.1, 0.15) is 15.2 Å². The molecule has 9 heteroatoms. The van der Waals surface area contributed by atoms with E-state index in [9.17, 15) is 22.7 Å². The molecule has 0 saturated heterocycles. The number of anilines is 1. The summed E-state index contributed by atoms with van der Waals surface area (Å²) >= 11 is 6.65. The molecule has 0 amide bonds. The zero-order valence-corrected chi connectivity index (χ0v) is 16.3. The van der Waals surface area contributed by atoms with Crippen LogP contribution in [0, 0.1) is 12.7 Å². The number of hydrogen-bond donors (Lipinski definition) is 2. The number of rotatable bonds is 5. The van der Waals surface area contributed by atoms with Gasteiger partial charge in [-0.3, -0.25) is 4.72 Å². The van der Waals surface area contributed by atoms with Crippen LogP contribution in [0.2, 0.25) is 5.02 Å². The molecule has 0 aliphatic heterocycles. The number of benzene rings is 2. The minimum atomic E-state index is -3.98. The van der Waals surface area contributed by atoms with E-state index in [1.54, 1.807) is 25.1 Å². The van der Waals surface area contributed by atoms with Gasteiger partial charge in [-0.2, -0.15) is 0 Å². The first-order valence-electron chi connectivity index (χ1n) is 7.60. The maximum absolute atomic E-state index is 13.4. The maximum atomic E-state index is 13.4. The van der Waals surface area contributed by atoms with E-state index < -0.39 is 21.8 Å². The van der Waals surface area contributed by atoms with Crippen LogP contribution in [0.15, 0.2) is 53.4 Å². The summed E-state index contributed by atoms with van der Waals surface area (Å²) in [5, 5.41) is 9.32. The Morgan fingerprint density at radius 3 is 2.52 bits per heavy atom. The summed E-state index contributed by atoms with van der Waals surface area (Å²) in [6, 6.07) is 11.7. The normalized spacial score (nSPS) is 11.4. The summed E-state index contributed by atoms with van der Waals surface area (Å²) in [6.45, 7) is 1.65. The van der Waals surface area contributed by atoms with Crippen molar-refractivity contribution >= 4 is 44.6 Å². The summed E-state index contributed by atoms with van der Waals surface area (Å²) in [5.41, 5.74) is 0.948. The monoisotopic (exact) mass is 425 g/mol. The third-order valence-corrected chi connectivity index (χ3v) is 6.75. The minimum absolute atomic E-state index is 0.0546. The highest BCUT2D eigenvalue weighted by molar-refractivity contribution is 7.92. The summed E-state index contributed by atoms with van der Waals surface area (Å²) in [4.78, 5) is 11.9. The Bertz CT molecular complexity index is 1140. The Morgan fingerprint density at radius 2 is 1.89 bits per heavy atom. The van der Waals surface area contributed by atoms with Crippen molar-refractivity contribution in [2.45, 2.75) is 11.8 Å². The molecule has 5 nitrogen and oxygen atoms in total. The van der Waals surface area contributed by atoms with Crippen LogP contribution in [0.3, 0.4) is 0 Å². The number of aromatic carboxylic acids is 1. The second-order valence-corrected chi connectivity index (χ2v) is 8.77. The highest BCUT2D eigenvalue weighted by Crippen LogP contribution is 2.37. The van der Waals surface area contributed by atoms with Gasteiger partial charge in [-0.05, 0) is 42.3 Å².